The van der Waals surface area contributed by atoms with Crippen molar-refractivity contribution in [2.24, 2.45) is 0 Å². The highest BCUT2D eigenvalue weighted by molar-refractivity contribution is 5.35. The molecule has 1 aliphatic heterocycles. The van der Waals surface area contributed by atoms with Crippen LogP contribution in [0.1, 0.15) is 13.3 Å². The highest BCUT2D eigenvalue weighted by atomic mass is 19.1. The Morgan fingerprint density at radius 3 is 2.22 bits per heavy atom. The highest BCUT2D eigenvalue weighted by Gasteiger charge is 2.24. The van der Waals surface area contributed by atoms with Crippen molar-refractivity contribution in [1.82, 2.24) is 0 Å². The van der Waals surface area contributed by atoms with E-state index in [1.54, 1.807) is 24.3 Å². The first-order valence-corrected chi connectivity index (χ1v) is 7.66. The molecule has 4 nitrogen and oxygen atoms in total. The van der Waals surface area contributed by atoms with Crippen LogP contribution in [-0.4, -0.2) is 25.6 Å². The summed E-state index contributed by atoms with van der Waals surface area (Å²) in [7, 11) is 0. The molecule has 0 radical (unpaired) electrons. The highest BCUT2D eigenvalue weighted by Crippen LogP contribution is 2.24. The molecular formula is C18H19FO4. The van der Waals surface area contributed by atoms with Crippen LogP contribution in [0.15, 0.2) is 48.5 Å². The number of hydrogen-bond acceptors (Lipinski definition) is 4. The molecule has 1 aliphatic rings. The Labute approximate surface area is 134 Å². The molecular weight excluding hydrogens is 299 g/mol. The van der Waals surface area contributed by atoms with Gasteiger partial charge in [-0.3, -0.25) is 0 Å². The van der Waals surface area contributed by atoms with Crippen LogP contribution >= 0.6 is 0 Å². The second-order valence-corrected chi connectivity index (χ2v) is 5.27. The number of benzene rings is 2. The molecule has 0 aliphatic carbocycles. The number of rotatable bonds is 6. The fourth-order valence-electron chi connectivity index (χ4n) is 2.24. The van der Waals surface area contributed by atoms with E-state index in [1.165, 1.54) is 12.1 Å². The maximum absolute atomic E-state index is 12.8. The van der Waals surface area contributed by atoms with Crippen LogP contribution < -0.4 is 9.47 Å². The quantitative estimate of drug-likeness (QED) is 0.802. The average Bonchev–Trinajstić information content (AvgIpc) is 3.04. The maximum atomic E-state index is 12.8. The smallest absolute Gasteiger partial charge is 0.158 e. The molecule has 0 N–H and O–H groups in total. The summed E-state index contributed by atoms with van der Waals surface area (Å²) in [6, 6.07) is 13.2. The minimum Gasteiger partial charge on any atom is -0.491 e. The van der Waals surface area contributed by atoms with E-state index in [2.05, 4.69) is 0 Å². The normalized spacial score (nSPS) is 20.4. The van der Waals surface area contributed by atoms with Gasteiger partial charge in [-0.1, -0.05) is 6.92 Å². The topological polar surface area (TPSA) is 36.9 Å². The third kappa shape index (κ3) is 4.43. The lowest BCUT2D eigenvalue weighted by Gasteiger charge is -2.12. The van der Waals surface area contributed by atoms with Gasteiger partial charge in [-0.2, -0.15) is 0 Å². The Morgan fingerprint density at radius 1 is 1.00 bits per heavy atom. The summed E-state index contributed by atoms with van der Waals surface area (Å²) in [5.74, 6) is 1.70. The fourth-order valence-corrected chi connectivity index (χ4v) is 2.24. The molecule has 0 bridgehead atoms. The fraction of sp³-hybridized carbons (Fsp3) is 0.333. The summed E-state index contributed by atoms with van der Waals surface area (Å²) < 4.78 is 35.3. The van der Waals surface area contributed by atoms with Gasteiger partial charge in [0.05, 0.1) is 6.61 Å². The summed E-state index contributed by atoms with van der Waals surface area (Å²) >= 11 is 0. The van der Waals surface area contributed by atoms with E-state index in [9.17, 15) is 4.39 Å². The lowest BCUT2D eigenvalue weighted by molar-refractivity contribution is -0.0642. The van der Waals surface area contributed by atoms with Crippen LogP contribution in [0.2, 0.25) is 0 Å². The molecule has 2 aromatic rings. The molecule has 0 saturated carbocycles. The van der Waals surface area contributed by atoms with Gasteiger partial charge in [-0.25, -0.2) is 4.39 Å². The molecule has 2 atom stereocenters. The lowest BCUT2D eigenvalue weighted by Crippen LogP contribution is -2.20. The van der Waals surface area contributed by atoms with E-state index in [4.69, 9.17) is 18.9 Å². The van der Waals surface area contributed by atoms with E-state index >= 15 is 0 Å². The van der Waals surface area contributed by atoms with Crippen LogP contribution in [-0.2, 0) is 9.47 Å². The Bertz CT molecular complexity index is 612. The van der Waals surface area contributed by atoms with E-state index < -0.39 is 0 Å². The van der Waals surface area contributed by atoms with Crippen LogP contribution in [0.25, 0.3) is 0 Å². The van der Waals surface area contributed by atoms with Gasteiger partial charge in [0.2, 0.25) is 0 Å². The third-order valence-corrected chi connectivity index (χ3v) is 3.45. The second kappa shape index (κ2) is 7.44. The van der Waals surface area contributed by atoms with Crippen molar-refractivity contribution in [1.29, 1.82) is 0 Å². The lowest BCUT2D eigenvalue weighted by atomic mass is 10.3. The number of halogens is 1. The van der Waals surface area contributed by atoms with Gasteiger partial charge in [0.15, 0.2) is 6.29 Å². The molecule has 1 fully saturated rings. The van der Waals surface area contributed by atoms with Crippen molar-refractivity contribution in [3.05, 3.63) is 54.3 Å². The molecule has 0 spiro atoms. The van der Waals surface area contributed by atoms with Gasteiger partial charge in [0, 0.05) is 0 Å². The molecule has 2 unspecified atom stereocenters. The third-order valence-electron chi connectivity index (χ3n) is 3.45. The minimum atomic E-state index is -0.287. The van der Waals surface area contributed by atoms with E-state index in [-0.39, 0.29) is 18.2 Å². The Hall–Kier alpha value is -2.11. The van der Waals surface area contributed by atoms with E-state index in [1.807, 2.05) is 19.1 Å². The summed E-state index contributed by atoms with van der Waals surface area (Å²) in [6.07, 6.45) is 0.691. The van der Waals surface area contributed by atoms with Gasteiger partial charge < -0.3 is 18.9 Å². The van der Waals surface area contributed by atoms with Gasteiger partial charge in [-0.05, 0) is 55.0 Å². The zero-order chi connectivity index (χ0) is 16.1. The van der Waals surface area contributed by atoms with Gasteiger partial charge in [0.1, 0.15) is 35.8 Å². The van der Waals surface area contributed by atoms with Crippen molar-refractivity contribution < 1.29 is 23.3 Å². The molecule has 2 aromatic carbocycles. The van der Waals surface area contributed by atoms with E-state index in [0.717, 1.165) is 12.2 Å². The van der Waals surface area contributed by atoms with Crippen molar-refractivity contribution in [2.45, 2.75) is 25.7 Å². The van der Waals surface area contributed by atoms with Crippen molar-refractivity contribution in [3.63, 3.8) is 0 Å². The second-order valence-electron chi connectivity index (χ2n) is 5.27. The first kappa shape index (κ1) is 15.8. The SMILES string of the molecule is CCC1OCC(COc2ccc(Oc3ccc(F)cc3)cc2)O1. The Balaban J connectivity index is 1.50. The molecule has 1 saturated heterocycles. The monoisotopic (exact) mass is 318 g/mol. The standard InChI is InChI=1S/C18H19FO4/c1-2-18-21-12-17(23-18)11-20-14-7-9-16(10-8-14)22-15-5-3-13(19)4-6-15/h3-10,17-18H,2,11-12H2,1H3. The minimum absolute atomic E-state index is 0.0323. The first-order valence-electron chi connectivity index (χ1n) is 7.66. The summed E-state index contributed by atoms with van der Waals surface area (Å²) in [4.78, 5) is 0. The molecule has 1 heterocycles. The largest absolute Gasteiger partial charge is 0.491 e. The number of hydrogen-bond donors (Lipinski definition) is 0. The molecule has 0 aromatic heterocycles. The molecule has 0 amide bonds. The predicted octanol–water partition coefficient (Wildman–Crippen LogP) is 4.15. The molecule has 3 rings (SSSR count). The zero-order valence-electron chi connectivity index (χ0n) is 12.9. The van der Waals surface area contributed by atoms with E-state index in [0.29, 0.717) is 24.7 Å². The Morgan fingerprint density at radius 2 is 1.61 bits per heavy atom. The summed E-state index contributed by atoms with van der Waals surface area (Å²) in [6.45, 7) is 3.03. The predicted molar refractivity (Wildman–Crippen MR) is 83.3 cm³/mol. The maximum Gasteiger partial charge on any atom is 0.158 e. The van der Waals surface area contributed by atoms with Crippen LogP contribution in [0.4, 0.5) is 4.39 Å². The van der Waals surface area contributed by atoms with Crippen molar-refractivity contribution in [3.8, 4) is 17.2 Å². The van der Waals surface area contributed by atoms with Crippen molar-refractivity contribution in [2.75, 3.05) is 13.2 Å². The average molecular weight is 318 g/mol. The molecule has 122 valence electrons. The Kier molecular flexibility index (Phi) is 5.10. The summed E-state index contributed by atoms with van der Waals surface area (Å²) in [5.41, 5.74) is 0. The van der Waals surface area contributed by atoms with Crippen molar-refractivity contribution >= 4 is 0 Å². The first-order chi connectivity index (χ1) is 11.2. The molecule has 23 heavy (non-hydrogen) atoms. The number of ether oxygens (including phenoxy) is 4. The van der Waals surface area contributed by atoms with Gasteiger partial charge >= 0.3 is 0 Å². The van der Waals surface area contributed by atoms with Gasteiger partial charge in [0.25, 0.3) is 0 Å². The summed E-state index contributed by atoms with van der Waals surface area (Å²) in [5, 5.41) is 0. The van der Waals surface area contributed by atoms with Crippen LogP contribution in [0.3, 0.4) is 0 Å². The van der Waals surface area contributed by atoms with Crippen LogP contribution in [0, 0.1) is 5.82 Å². The zero-order valence-corrected chi connectivity index (χ0v) is 12.9. The molecule has 5 heteroatoms. The van der Waals surface area contributed by atoms with Crippen LogP contribution in [0.5, 0.6) is 17.2 Å². The van der Waals surface area contributed by atoms with Gasteiger partial charge in [-0.15, -0.1) is 0 Å².